The number of aromatic nitrogens is 4. The van der Waals surface area contributed by atoms with E-state index in [-0.39, 0.29) is 23.3 Å². The van der Waals surface area contributed by atoms with E-state index in [2.05, 4.69) is 20.0 Å². The average Bonchev–Trinajstić information content (AvgIpc) is 3.64. The molecule has 2 atom stereocenters. The Morgan fingerprint density at radius 3 is 2.61 bits per heavy atom. The molecular formula is C24H23ClF2N6O3. The summed E-state index contributed by atoms with van der Waals surface area (Å²) in [5, 5.41) is 8.93. The molecule has 0 aliphatic carbocycles. The molecule has 0 N–H and O–H groups in total. The molecule has 4 heterocycles. The number of para-hydroxylation sites is 1. The van der Waals surface area contributed by atoms with Gasteiger partial charge in [-0.25, -0.2) is 9.67 Å². The van der Waals surface area contributed by atoms with Crippen LogP contribution in [0.15, 0.2) is 48.8 Å². The Hall–Kier alpha value is -3.60. The van der Waals surface area contributed by atoms with Crippen molar-refractivity contribution >= 4 is 23.4 Å². The Labute approximate surface area is 210 Å². The Morgan fingerprint density at radius 1 is 1.06 bits per heavy atom. The lowest BCUT2D eigenvalue weighted by molar-refractivity contribution is -0.136. The molecule has 2 aromatic heterocycles. The van der Waals surface area contributed by atoms with Crippen LogP contribution in [-0.4, -0.2) is 67.3 Å². The van der Waals surface area contributed by atoms with Crippen molar-refractivity contribution in [3.05, 3.63) is 65.1 Å². The molecule has 0 spiro atoms. The van der Waals surface area contributed by atoms with Gasteiger partial charge in [-0.2, -0.15) is 8.78 Å². The van der Waals surface area contributed by atoms with Gasteiger partial charge in [-0.1, -0.05) is 28.9 Å². The first-order valence-corrected chi connectivity index (χ1v) is 12.0. The van der Waals surface area contributed by atoms with Crippen LogP contribution in [0.4, 0.5) is 8.78 Å². The van der Waals surface area contributed by atoms with Gasteiger partial charge < -0.3 is 14.5 Å². The fourth-order valence-electron chi connectivity index (χ4n) is 4.84. The first-order chi connectivity index (χ1) is 17.4. The number of hydrogen-bond acceptors (Lipinski definition) is 6. The normalized spacial score (nSPS) is 19.8. The van der Waals surface area contributed by atoms with Gasteiger partial charge in [-0.3, -0.25) is 9.59 Å². The summed E-state index contributed by atoms with van der Waals surface area (Å²) in [6.07, 6.45) is 5.88. The largest absolute Gasteiger partial charge is 0.434 e. The highest BCUT2D eigenvalue weighted by Crippen LogP contribution is 2.34. The number of amides is 2. The number of alkyl halides is 2. The number of ether oxygens (including phenoxy) is 1. The molecule has 2 unspecified atom stereocenters. The third-order valence-electron chi connectivity index (χ3n) is 6.47. The fraction of sp³-hybridized carbons (Fsp3) is 0.375. The van der Waals surface area contributed by atoms with Gasteiger partial charge in [0.15, 0.2) is 5.82 Å². The second-order valence-corrected chi connectivity index (χ2v) is 9.08. The summed E-state index contributed by atoms with van der Waals surface area (Å²) >= 11 is 5.91. The minimum atomic E-state index is -3.06. The fourth-order valence-corrected chi connectivity index (χ4v) is 4.95. The van der Waals surface area contributed by atoms with Crippen LogP contribution in [-0.2, 0) is 4.79 Å². The Morgan fingerprint density at radius 2 is 1.83 bits per heavy atom. The first kappa shape index (κ1) is 24.1. The quantitative estimate of drug-likeness (QED) is 0.493. The van der Waals surface area contributed by atoms with E-state index in [4.69, 9.17) is 11.6 Å². The zero-order valence-corrected chi connectivity index (χ0v) is 19.9. The van der Waals surface area contributed by atoms with E-state index in [9.17, 15) is 18.4 Å². The second-order valence-electron chi connectivity index (χ2n) is 8.64. The maximum absolute atomic E-state index is 13.7. The van der Waals surface area contributed by atoms with Crippen LogP contribution < -0.4 is 4.74 Å². The number of carbonyl (C=O) groups excluding carboxylic acids is 2. The minimum absolute atomic E-state index is 0.00822. The molecule has 5 rings (SSSR count). The zero-order chi connectivity index (χ0) is 25.2. The van der Waals surface area contributed by atoms with E-state index in [1.807, 2.05) is 0 Å². The van der Waals surface area contributed by atoms with Crippen molar-refractivity contribution in [3.8, 4) is 11.6 Å². The van der Waals surface area contributed by atoms with Crippen LogP contribution in [0.5, 0.6) is 5.75 Å². The van der Waals surface area contributed by atoms with Crippen molar-refractivity contribution in [3.63, 3.8) is 0 Å². The molecule has 2 fully saturated rings. The first-order valence-electron chi connectivity index (χ1n) is 11.6. The number of rotatable bonds is 6. The van der Waals surface area contributed by atoms with Crippen molar-refractivity contribution in [1.82, 2.24) is 29.8 Å². The summed E-state index contributed by atoms with van der Waals surface area (Å²) in [4.78, 5) is 34.4. The van der Waals surface area contributed by atoms with Crippen LogP contribution in [0.1, 0.15) is 47.8 Å². The lowest BCUT2D eigenvalue weighted by Crippen LogP contribution is -2.47. The van der Waals surface area contributed by atoms with Crippen LogP contribution in [0.3, 0.4) is 0 Å². The highest BCUT2D eigenvalue weighted by molar-refractivity contribution is 6.30. The SMILES string of the molecule is O=C(c1ccccc1OC(F)F)N1CCCC1C(=O)N1CCCC1c1cn(-c2ccc(Cl)cn2)nn1. The van der Waals surface area contributed by atoms with Crippen molar-refractivity contribution < 1.29 is 23.1 Å². The van der Waals surface area contributed by atoms with E-state index >= 15 is 0 Å². The van der Waals surface area contributed by atoms with Gasteiger partial charge in [0.1, 0.15) is 17.5 Å². The monoisotopic (exact) mass is 516 g/mol. The van der Waals surface area contributed by atoms with Gasteiger partial charge in [-0.15, -0.1) is 5.10 Å². The number of benzene rings is 1. The van der Waals surface area contributed by atoms with Crippen LogP contribution in [0, 0.1) is 0 Å². The summed E-state index contributed by atoms with van der Waals surface area (Å²) in [5.74, 6) is -0.347. The summed E-state index contributed by atoms with van der Waals surface area (Å²) in [6.45, 7) is -2.18. The summed E-state index contributed by atoms with van der Waals surface area (Å²) < 4.78 is 31.8. The molecule has 0 bridgehead atoms. The molecule has 0 radical (unpaired) electrons. The Bertz CT molecular complexity index is 1250. The van der Waals surface area contributed by atoms with Crippen LogP contribution in [0.2, 0.25) is 5.02 Å². The number of pyridine rings is 1. The van der Waals surface area contributed by atoms with Crippen molar-refractivity contribution in [2.75, 3.05) is 13.1 Å². The Kier molecular flexibility index (Phi) is 6.82. The zero-order valence-electron chi connectivity index (χ0n) is 19.1. The van der Waals surface area contributed by atoms with Crippen molar-refractivity contribution in [2.24, 2.45) is 0 Å². The topological polar surface area (TPSA) is 93.5 Å². The van der Waals surface area contributed by atoms with E-state index in [0.29, 0.717) is 48.9 Å². The van der Waals surface area contributed by atoms with Crippen LogP contribution in [0.25, 0.3) is 5.82 Å². The molecular weight excluding hydrogens is 494 g/mol. The number of carbonyl (C=O) groups is 2. The van der Waals surface area contributed by atoms with E-state index in [1.54, 1.807) is 29.3 Å². The number of likely N-dealkylation sites (tertiary alicyclic amines) is 2. The van der Waals surface area contributed by atoms with Crippen LogP contribution >= 0.6 is 11.6 Å². The summed E-state index contributed by atoms with van der Waals surface area (Å²) in [7, 11) is 0. The van der Waals surface area contributed by atoms with Gasteiger partial charge >= 0.3 is 6.61 Å². The predicted molar refractivity (Wildman–Crippen MR) is 125 cm³/mol. The average molecular weight is 517 g/mol. The van der Waals surface area contributed by atoms with Gasteiger partial charge in [0.05, 0.1) is 22.8 Å². The van der Waals surface area contributed by atoms with E-state index in [1.165, 1.54) is 34.0 Å². The van der Waals surface area contributed by atoms with Gasteiger partial charge in [0.2, 0.25) is 5.91 Å². The minimum Gasteiger partial charge on any atom is -0.434 e. The molecule has 2 aliphatic heterocycles. The highest BCUT2D eigenvalue weighted by atomic mass is 35.5. The highest BCUT2D eigenvalue weighted by Gasteiger charge is 2.42. The third-order valence-corrected chi connectivity index (χ3v) is 6.69. The van der Waals surface area contributed by atoms with Crippen molar-refractivity contribution in [2.45, 2.75) is 44.4 Å². The molecule has 2 amide bonds. The molecule has 1 aromatic carbocycles. The summed E-state index contributed by atoms with van der Waals surface area (Å²) in [6, 6.07) is 8.29. The van der Waals surface area contributed by atoms with E-state index < -0.39 is 18.6 Å². The van der Waals surface area contributed by atoms with Gasteiger partial charge in [0, 0.05) is 19.3 Å². The maximum Gasteiger partial charge on any atom is 0.387 e. The standard InChI is InChI=1S/C24H23ClF2N6O3/c25-15-9-10-21(28-13-15)33-14-17(29-30-33)18-6-3-11-31(18)23(35)19-7-4-12-32(19)22(34)16-5-1-2-8-20(16)36-24(26)27/h1-2,5,8-10,13-14,18-19,24H,3-4,6-7,11-12H2. The molecule has 2 saturated heterocycles. The number of halogens is 3. The third kappa shape index (κ3) is 4.75. The second kappa shape index (κ2) is 10.2. The molecule has 188 valence electrons. The van der Waals surface area contributed by atoms with Crippen molar-refractivity contribution in [1.29, 1.82) is 0 Å². The molecule has 36 heavy (non-hydrogen) atoms. The molecule has 2 aliphatic rings. The number of nitrogens with zero attached hydrogens (tertiary/aromatic N) is 6. The molecule has 12 heteroatoms. The lowest BCUT2D eigenvalue weighted by atomic mass is 10.1. The van der Waals surface area contributed by atoms with Gasteiger partial charge in [-0.05, 0) is 49.9 Å². The molecule has 0 saturated carbocycles. The number of hydrogen-bond donors (Lipinski definition) is 0. The lowest BCUT2D eigenvalue weighted by Gasteiger charge is -2.31. The Balaban J connectivity index is 1.35. The smallest absolute Gasteiger partial charge is 0.387 e. The maximum atomic E-state index is 13.7. The van der Waals surface area contributed by atoms with E-state index in [0.717, 1.165) is 6.42 Å². The predicted octanol–water partition coefficient (Wildman–Crippen LogP) is 3.89. The molecule has 3 aromatic rings. The summed E-state index contributed by atoms with van der Waals surface area (Å²) in [5.41, 5.74) is 0.637. The van der Waals surface area contributed by atoms with Gasteiger partial charge in [0.25, 0.3) is 5.91 Å². The molecule has 9 nitrogen and oxygen atoms in total.